The van der Waals surface area contributed by atoms with E-state index in [0.717, 1.165) is 36.4 Å². The molecule has 7 heteroatoms. The van der Waals surface area contributed by atoms with Gasteiger partial charge in [0.2, 0.25) is 0 Å². The number of esters is 1. The van der Waals surface area contributed by atoms with Gasteiger partial charge in [0, 0.05) is 21.2 Å². The smallest absolute Gasteiger partial charge is 0.338 e. The molecule has 30 heavy (non-hydrogen) atoms. The molecule has 0 radical (unpaired) electrons. The molecule has 4 nitrogen and oxygen atoms in total. The number of thiophene rings is 1. The van der Waals surface area contributed by atoms with Crippen molar-refractivity contribution in [2.75, 3.05) is 0 Å². The Balaban J connectivity index is 1.60. The monoisotopic (exact) mass is 498 g/mol. The number of carbonyl (C=O) groups is 1. The van der Waals surface area contributed by atoms with Crippen LogP contribution in [0, 0.1) is 0 Å². The minimum Gasteiger partial charge on any atom is -0.459 e. The third kappa shape index (κ3) is 4.74. The second kappa shape index (κ2) is 9.29. The van der Waals surface area contributed by atoms with E-state index in [9.17, 15) is 4.79 Å². The zero-order valence-corrected chi connectivity index (χ0v) is 19.7. The Labute approximate surface area is 191 Å². The Kier molecular flexibility index (Phi) is 6.51. The number of ether oxygens (including phenoxy) is 1. The number of benzene rings is 2. The third-order valence-corrected chi connectivity index (χ3v) is 6.85. The molecule has 0 saturated heterocycles. The number of aromatic nitrogens is 2. The van der Waals surface area contributed by atoms with Crippen LogP contribution in [0.1, 0.15) is 29.8 Å². The molecule has 4 rings (SSSR count). The molecule has 2 aromatic heterocycles. The summed E-state index contributed by atoms with van der Waals surface area (Å²) in [5.74, 6) is 0.404. The second-order valence-electron chi connectivity index (χ2n) is 6.96. The van der Waals surface area contributed by atoms with E-state index in [1.165, 1.54) is 0 Å². The van der Waals surface area contributed by atoms with Gasteiger partial charge in [0.05, 0.1) is 17.1 Å². The molecule has 0 spiro atoms. The number of hydrogen-bond acceptors (Lipinski definition) is 6. The maximum Gasteiger partial charge on any atom is 0.338 e. The maximum atomic E-state index is 12.2. The summed E-state index contributed by atoms with van der Waals surface area (Å²) in [6, 6.07) is 15.8. The quantitative estimate of drug-likeness (QED) is 0.163. The Morgan fingerprint density at radius 2 is 1.97 bits per heavy atom. The third-order valence-electron chi connectivity index (χ3n) is 4.37. The molecule has 0 aliphatic rings. The Morgan fingerprint density at radius 1 is 1.17 bits per heavy atom. The van der Waals surface area contributed by atoms with Crippen LogP contribution in [0.2, 0.25) is 0 Å². The van der Waals surface area contributed by atoms with E-state index in [1.54, 1.807) is 35.5 Å². The SMILES string of the molecule is CC(C)OC(=O)c1cccc(CSc2ncnc3scc(-c4ccc(Br)cc4)c23)c1. The van der Waals surface area contributed by atoms with Crippen molar-refractivity contribution in [3.63, 3.8) is 0 Å². The highest BCUT2D eigenvalue weighted by Gasteiger charge is 2.14. The lowest BCUT2D eigenvalue weighted by Crippen LogP contribution is -2.11. The maximum absolute atomic E-state index is 12.2. The lowest BCUT2D eigenvalue weighted by Gasteiger charge is -2.09. The Bertz CT molecular complexity index is 1190. The Hall–Kier alpha value is -2.22. The lowest BCUT2D eigenvalue weighted by atomic mass is 10.1. The minimum atomic E-state index is -0.295. The number of carbonyl (C=O) groups excluding carboxylic acids is 1. The van der Waals surface area contributed by atoms with Crippen LogP contribution in [0.4, 0.5) is 0 Å². The van der Waals surface area contributed by atoms with E-state index < -0.39 is 0 Å². The summed E-state index contributed by atoms with van der Waals surface area (Å²) < 4.78 is 6.35. The number of halogens is 1. The van der Waals surface area contributed by atoms with Gasteiger partial charge >= 0.3 is 5.97 Å². The van der Waals surface area contributed by atoms with Gasteiger partial charge in [0.25, 0.3) is 0 Å². The molecule has 152 valence electrons. The summed E-state index contributed by atoms with van der Waals surface area (Å²) in [5, 5.41) is 4.15. The van der Waals surface area contributed by atoms with Gasteiger partial charge < -0.3 is 4.74 Å². The Morgan fingerprint density at radius 3 is 2.73 bits per heavy atom. The molecule has 0 amide bonds. The van der Waals surface area contributed by atoms with Crippen molar-refractivity contribution in [2.45, 2.75) is 30.7 Å². The highest BCUT2D eigenvalue weighted by molar-refractivity contribution is 9.10. The van der Waals surface area contributed by atoms with Crippen molar-refractivity contribution in [3.8, 4) is 11.1 Å². The van der Waals surface area contributed by atoms with Crippen molar-refractivity contribution in [1.29, 1.82) is 0 Å². The van der Waals surface area contributed by atoms with Gasteiger partial charge in [-0.1, -0.05) is 40.2 Å². The first-order valence-corrected chi connectivity index (χ1v) is 12.1. The van der Waals surface area contributed by atoms with Gasteiger partial charge in [0.1, 0.15) is 16.2 Å². The van der Waals surface area contributed by atoms with Crippen LogP contribution < -0.4 is 0 Å². The van der Waals surface area contributed by atoms with Crippen molar-refractivity contribution in [2.24, 2.45) is 0 Å². The van der Waals surface area contributed by atoms with E-state index in [2.05, 4.69) is 43.4 Å². The van der Waals surface area contributed by atoms with Crippen LogP contribution >= 0.6 is 39.0 Å². The molecule has 0 saturated carbocycles. The van der Waals surface area contributed by atoms with Crippen LogP contribution in [0.25, 0.3) is 21.3 Å². The molecule has 0 atom stereocenters. The fourth-order valence-corrected chi connectivity index (χ4v) is 5.22. The van der Waals surface area contributed by atoms with Gasteiger partial charge in [-0.3, -0.25) is 0 Å². The van der Waals surface area contributed by atoms with E-state index in [-0.39, 0.29) is 12.1 Å². The van der Waals surface area contributed by atoms with E-state index in [4.69, 9.17) is 4.74 Å². The topological polar surface area (TPSA) is 52.1 Å². The minimum absolute atomic E-state index is 0.138. The molecular formula is C23H19BrN2O2S2. The number of thioether (sulfide) groups is 1. The summed E-state index contributed by atoms with van der Waals surface area (Å²) in [6.07, 6.45) is 1.48. The van der Waals surface area contributed by atoms with E-state index in [1.807, 2.05) is 44.2 Å². The molecule has 0 N–H and O–H groups in total. The van der Waals surface area contributed by atoms with Gasteiger partial charge in [-0.05, 0) is 49.2 Å². The average molecular weight is 499 g/mol. The van der Waals surface area contributed by atoms with Gasteiger partial charge in [-0.25, -0.2) is 14.8 Å². The summed E-state index contributed by atoms with van der Waals surface area (Å²) >= 11 is 6.77. The van der Waals surface area contributed by atoms with Gasteiger partial charge in [0.15, 0.2) is 0 Å². The first-order chi connectivity index (χ1) is 14.5. The predicted molar refractivity (Wildman–Crippen MR) is 127 cm³/mol. The lowest BCUT2D eigenvalue weighted by molar-refractivity contribution is 0.0378. The van der Waals surface area contributed by atoms with Crippen molar-refractivity contribution >= 4 is 55.2 Å². The van der Waals surface area contributed by atoms with Gasteiger partial charge in [-0.2, -0.15) is 0 Å². The second-order valence-corrected chi connectivity index (χ2v) is 9.70. The summed E-state index contributed by atoms with van der Waals surface area (Å²) in [4.78, 5) is 22.2. The molecule has 0 unspecified atom stereocenters. The first kappa shape index (κ1) is 21.0. The predicted octanol–water partition coefficient (Wildman–Crippen LogP) is 6.98. The zero-order valence-electron chi connectivity index (χ0n) is 16.5. The first-order valence-electron chi connectivity index (χ1n) is 9.42. The zero-order chi connectivity index (χ0) is 21.1. The molecule has 0 fully saturated rings. The number of hydrogen-bond donors (Lipinski definition) is 0. The molecule has 4 aromatic rings. The largest absolute Gasteiger partial charge is 0.459 e. The standard InChI is InChI=1S/C23H19BrN2O2S2/c1-14(2)28-23(27)17-5-3-4-15(10-17)11-29-21-20-19(12-30-22(20)26-13-25-21)16-6-8-18(24)9-7-16/h3-10,12-14H,11H2,1-2H3. The van der Waals surface area contributed by atoms with E-state index >= 15 is 0 Å². The van der Waals surface area contributed by atoms with Crippen LogP contribution in [0.3, 0.4) is 0 Å². The summed E-state index contributed by atoms with van der Waals surface area (Å²) in [7, 11) is 0. The van der Waals surface area contributed by atoms with Crippen LogP contribution in [0.15, 0.2) is 69.7 Å². The fraction of sp³-hybridized carbons (Fsp3) is 0.174. The molecular weight excluding hydrogens is 480 g/mol. The van der Waals surface area contributed by atoms with E-state index in [0.29, 0.717) is 11.3 Å². The molecule has 2 heterocycles. The van der Waals surface area contributed by atoms with Crippen LogP contribution in [0.5, 0.6) is 0 Å². The van der Waals surface area contributed by atoms with Crippen molar-refractivity contribution in [3.05, 3.63) is 75.8 Å². The molecule has 0 aliphatic carbocycles. The summed E-state index contributed by atoms with van der Waals surface area (Å²) in [6.45, 7) is 3.70. The molecule has 0 bridgehead atoms. The summed E-state index contributed by atoms with van der Waals surface area (Å²) in [5.41, 5.74) is 3.89. The van der Waals surface area contributed by atoms with Crippen molar-refractivity contribution in [1.82, 2.24) is 9.97 Å². The molecule has 2 aromatic carbocycles. The molecule has 0 aliphatic heterocycles. The average Bonchev–Trinajstić information content (AvgIpc) is 3.17. The number of fused-ring (bicyclic) bond motifs is 1. The highest BCUT2D eigenvalue weighted by Crippen LogP contribution is 2.39. The van der Waals surface area contributed by atoms with Crippen molar-refractivity contribution < 1.29 is 9.53 Å². The van der Waals surface area contributed by atoms with Crippen LogP contribution in [-0.4, -0.2) is 22.0 Å². The van der Waals surface area contributed by atoms with Crippen LogP contribution in [-0.2, 0) is 10.5 Å². The number of rotatable bonds is 6. The number of nitrogens with zero attached hydrogens (tertiary/aromatic N) is 2. The highest BCUT2D eigenvalue weighted by atomic mass is 79.9. The van der Waals surface area contributed by atoms with Gasteiger partial charge in [-0.15, -0.1) is 23.1 Å². The fourth-order valence-electron chi connectivity index (χ4n) is 3.02. The normalized spacial score (nSPS) is 11.2.